The van der Waals surface area contributed by atoms with Gasteiger partial charge in [-0.05, 0) is 110 Å². The van der Waals surface area contributed by atoms with Gasteiger partial charge in [0.15, 0.2) is 0 Å². The molecule has 226 valence electrons. The zero-order valence-electron chi connectivity index (χ0n) is 26.5. The lowest BCUT2D eigenvalue weighted by molar-refractivity contribution is 0.106. The van der Waals surface area contributed by atoms with E-state index in [9.17, 15) is 0 Å². The van der Waals surface area contributed by atoms with Gasteiger partial charge in [0, 0.05) is 34.5 Å². The Labute approximate surface area is 269 Å². The standard InChI is InChI=1S/C43H44N2/c1-43-28-27-37-36-19-8-10-21-39(36)44(35-18-12-17-33(29-35)31-15-6-3-7-16-31)41(37)42(43)45(40-22-11-9-20-38(40)43)34-25-23-32(24-26-34)30-13-4-2-5-14-30/h2-7,9,12-18,20,23,27-29,34,37,41-42H,8,10-11,19,21-22,24-26H2,1H3. The summed E-state index contributed by atoms with van der Waals surface area (Å²) in [6.45, 7) is 2.57. The Morgan fingerprint density at radius 3 is 2.33 bits per heavy atom. The van der Waals surface area contributed by atoms with Gasteiger partial charge >= 0.3 is 0 Å². The van der Waals surface area contributed by atoms with Gasteiger partial charge in [0.25, 0.3) is 0 Å². The molecule has 2 heterocycles. The van der Waals surface area contributed by atoms with Crippen molar-refractivity contribution in [3.8, 4) is 11.1 Å². The number of anilines is 1. The highest BCUT2D eigenvalue weighted by molar-refractivity contribution is 5.72. The van der Waals surface area contributed by atoms with Crippen molar-refractivity contribution < 1.29 is 0 Å². The lowest BCUT2D eigenvalue weighted by atomic mass is 9.66. The molecule has 0 spiro atoms. The molecule has 3 aromatic carbocycles. The number of nitrogens with zero attached hydrogens (tertiary/aromatic N) is 2. The fraction of sp³-hybridized carbons (Fsp3) is 0.349. The minimum atomic E-state index is 0.0146. The fourth-order valence-corrected chi connectivity index (χ4v) is 9.93. The van der Waals surface area contributed by atoms with E-state index in [-0.39, 0.29) is 5.41 Å². The lowest BCUT2D eigenvalue weighted by Crippen LogP contribution is -2.59. The Kier molecular flexibility index (Phi) is 6.55. The molecule has 0 aromatic heterocycles. The van der Waals surface area contributed by atoms with Crippen LogP contribution >= 0.6 is 0 Å². The summed E-state index contributed by atoms with van der Waals surface area (Å²) in [7, 11) is 0. The zero-order valence-corrected chi connectivity index (χ0v) is 26.5. The average Bonchev–Trinajstić information content (AvgIpc) is 3.59. The van der Waals surface area contributed by atoms with Crippen molar-refractivity contribution in [1.82, 2.24) is 4.90 Å². The molecule has 5 atom stereocenters. The van der Waals surface area contributed by atoms with Gasteiger partial charge in [-0.3, -0.25) is 0 Å². The first kappa shape index (κ1) is 27.3. The number of hydrogen-bond donors (Lipinski definition) is 0. The molecule has 2 aliphatic heterocycles. The van der Waals surface area contributed by atoms with Crippen LogP contribution in [-0.4, -0.2) is 23.0 Å². The van der Waals surface area contributed by atoms with Crippen molar-refractivity contribution in [2.75, 3.05) is 4.90 Å². The van der Waals surface area contributed by atoms with Gasteiger partial charge in [0.05, 0.1) is 12.1 Å². The molecule has 5 unspecified atom stereocenters. The fourth-order valence-electron chi connectivity index (χ4n) is 9.93. The van der Waals surface area contributed by atoms with Gasteiger partial charge in [0.2, 0.25) is 0 Å². The van der Waals surface area contributed by atoms with Crippen LogP contribution in [-0.2, 0) is 0 Å². The Hall–Kier alpha value is -4.04. The average molecular weight is 589 g/mol. The van der Waals surface area contributed by atoms with E-state index in [1.807, 2.05) is 0 Å². The van der Waals surface area contributed by atoms with E-state index in [4.69, 9.17) is 0 Å². The van der Waals surface area contributed by atoms with Gasteiger partial charge in [0.1, 0.15) is 0 Å². The summed E-state index contributed by atoms with van der Waals surface area (Å²) in [6, 6.07) is 32.9. The molecule has 0 amide bonds. The Bertz CT molecular complexity index is 1770. The highest BCUT2D eigenvalue weighted by Crippen LogP contribution is 2.60. The van der Waals surface area contributed by atoms with Crippen LogP contribution in [0, 0.1) is 11.3 Å². The molecule has 4 aliphatic carbocycles. The Morgan fingerprint density at radius 2 is 1.53 bits per heavy atom. The van der Waals surface area contributed by atoms with Crippen molar-refractivity contribution >= 4 is 11.3 Å². The lowest BCUT2D eigenvalue weighted by Gasteiger charge is -2.51. The second-order valence-corrected chi connectivity index (χ2v) is 14.3. The summed E-state index contributed by atoms with van der Waals surface area (Å²) < 4.78 is 0. The highest BCUT2D eigenvalue weighted by atomic mass is 15.3. The van der Waals surface area contributed by atoms with Gasteiger partial charge in [-0.2, -0.15) is 0 Å². The number of fused-ring (bicyclic) bond motifs is 5. The van der Waals surface area contributed by atoms with Crippen LogP contribution < -0.4 is 4.90 Å². The molecule has 9 rings (SSSR count). The van der Waals surface area contributed by atoms with E-state index in [0.717, 1.165) is 19.3 Å². The largest absolute Gasteiger partial charge is 0.365 e. The minimum absolute atomic E-state index is 0.0146. The summed E-state index contributed by atoms with van der Waals surface area (Å²) in [5.74, 6) is 0.491. The summed E-state index contributed by atoms with van der Waals surface area (Å²) in [5.41, 5.74) is 13.5. The Morgan fingerprint density at radius 1 is 0.756 bits per heavy atom. The van der Waals surface area contributed by atoms with E-state index in [1.54, 1.807) is 22.5 Å². The molecule has 3 aromatic rings. The third kappa shape index (κ3) is 4.28. The predicted octanol–water partition coefficient (Wildman–Crippen LogP) is 10.5. The van der Waals surface area contributed by atoms with E-state index < -0.39 is 0 Å². The van der Waals surface area contributed by atoms with Crippen LogP contribution in [0.1, 0.15) is 70.3 Å². The first-order valence-electron chi connectivity index (χ1n) is 17.5. The summed E-state index contributed by atoms with van der Waals surface area (Å²) in [5, 5.41) is 0. The first-order chi connectivity index (χ1) is 22.2. The molecule has 6 aliphatic rings. The normalized spacial score (nSPS) is 30.2. The number of rotatable bonds is 4. The minimum Gasteiger partial charge on any atom is -0.365 e. The maximum Gasteiger partial charge on any atom is 0.0654 e. The molecule has 0 radical (unpaired) electrons. The maximum absolute atomic E-state index is 3.00. The molecule has 0 saturated heterocycles. The van der Waals surface area contributed by atoms with E-state index in [0.29, 0.717) is 24.0 Å². The van der Waals surface area contributed by atoms with Crippen molar-refractivity contribution in [3.63, 3.8) is 0 Å². The molecular weight excluding hydrogens is 544 g/mol. The summed E-state index contributed by atoms with van der Waals surface area (Å²) in [4.78, 5) is 5.87. The van der Waals surface area contributed by atoms with Gasteiger partial charge in [-0.1, -0.05) is 103 Å². The van der Waals surface area contributed by atoms with Crippen LogP contribution in [0.5, 0.6) is 0 Å². The first-order valence-corrected chi connectivity index (χ1v) is 17.5. The highest BCUT2D eigenvalue weighted by Gasteiger charge is 2.59. The molecule has 45 heavy (non-hydrogen) atoms. The van der Waals surface area contributed by atoms with Crippen molar-refractivity contribution in [2.24, 2.45) is 11.3 Å². The number of allylic oxidation sites excluding steroid dienone is 5. The smallest absolute Gasteiger partial charge is 0.0654 e. The second-order valence-electron chi connectivity index (χ2n) is 14.3. The maximum atomic E-state index is 3.00. The van der Waals surface area contributed by atoms with Gasteiger partial charge in [-0.25, -0.2) is 0 Å². The molecule has 2 nitrogen and oxygen atoms in total. The summed E-state index contributed by atoms with van der Waals surface area (Å²) in [6.07, 6.45) is 23.8. The van der Waals surface area contributed by atoms with E-state index in [1.165, 1.54) is 66.5 Å². The number of benzene rings is 3. The molecule has 0 fully saturated rings. The molecular formula is C43H44N2. The van der Waals surface area contributed by atoms with Crippen molar-refractivity contribution in [3.05, 3.63) is 143 Å². The van der Waals surface area contributed by atoms with Crippen LogP contribution in [0.3, 0.4) is 0 Å². The van der Waals surface area contributed by atoms with E-state index in [2.05, 4.69) is 132 Å². The third-order valence-corrected chi connectivity index (χ3v) is 11.9. The molecule has 0 bridgehead atoms. The van der Waals surface area contributed by atoms with E-state index >= 15 is 0 Å². The van der Waals surface area contributed by atoms with Crippen LogP contribution in [0.2, 0.25) is 0 Å². The van der Waals surface area contributed by atoms with Crippen LogP contribution in [0.25, 0.3) is 16.7 Å². The van der Waals surface area contributed by atoms with Crippen LogP contribution in [0.15, 0.2) is 138 Å². The Balaban J connectivity index is 1.15. The molecule has 0 saturated carbocycles. The molecule has 2 heteroatoms. The monoisotopic (exact) mass is 588 g/mol. The topological polar surface area (TPSA) is 6.48 Å². The zero-order chi connectivity index (χ0) is 30.0. The van der Waals surface area contributed by atoms with Crippen LogP contribution in [0.4, 0.5) is 5.69 Å². The second kappa shape index (κ2) is 10.8. The predicted molar refractivity (Wildman–Crippen MR) is 187 cm³/mol. The SMILES string of the molecule is CC12C=CC3C4=C(CCCC4)N(c4cccc(-c5ccccc5)c4)C3C1N(C1CC=C(c3ccccc3)CC1)C1=C2C=CCC1. The van der Waals surface area contributed by atoms with Gasteiger partial charge < -0.3 is 9.80 Å². The van der Waals surface area contributed by atoms with Crippen molar-refractivity contribution in [1.29, 1.82) is 0 Å². The quantitative estimate of drug-likeness (QED) is 0.280. The van der Waals surface area contributed by atoms with Gasteiger partial charge in [-0.15, -0.1) is 0 Å². The molecule has 0 N–H and O–H groups in total. The van der Waals surface area contributed by atoms with Crippen molar-refractivity contribution in [2.45, 2.75) is 82.8 Å². The number of hydrogen-bond acceptors (Lipinski definition) is 2. The third-order valence-electron chi connectivity index (χ3n) is 11.9. The summed E-state index contributed by atoms with van der Waals surface area (Å²) >= 11 is 0.